The summed E-state index contributed by atoms with van der Waals surface area (Å²) in [5, 5.41) is 13.3. The first-order valence-electron chi connectivity index (χ1n) is 6.50. The minimum Gasteiger partial charge on any atom is -0.550 e. The molecule has 0 aromatic carbocycles. The van der Waals surface area contributed by atoms with E-state index in [2.05, 4.69) is 0 Å². The second-order valence-electron chi connectivity index (χ2n) is 5.49. The van der Waals surface area contributed by atoms with Crippen molar-refractivity contribution < 1.29 is 19.4 Å². The molecule has 2 fully saturated rings. The maximum absolute atomic E-state index is 12.5. The zero-order chi connectivity index (χ0) is 13.9. The van der Waals surface area contributed by atoms with Gasteiger partial charge in [0, 0.05) is 16.8 Å². The number of likely N-dealkylation sites (tertiary alicyclic amines) is 1. The summed E-state index contributed by atoms with van der Waals surface area (Å²) in [6.45, 7) is 0.932. The van der Waals surface area contributed by atoms with E-state index in [1.165, 1.54) is 0 Å². The number of rotatable bonds is 3. The van der Waals surface area contributed by atoms with Crippen molar-refractivity contribution in [3.05, 3.63) is 34.5 Å². The highest BCUT2D eigenvalue weighted by molar-refractivity contribution is 7.09. The van der Waals surface area contributed by atoms with Crippen LogP contribution < -0.4 is 5.11 Å². The van der Waals surface area contributed by atoms with Crippen LogP contribution in [0.4, 0.5) is 0 Å². The lowest BCUT2D eigenvalue weighted by atomic mass is 9.77. The number of nitrogens with zero attached hydrogens (tertiary/aromatic N) is 1. The molecule has 0 saturated carbocycles. The number of amides is 1. The quantitative estimate of drug-likeness (QED) is 0.722. The summed E-state index contributed by atoms with van der Waals surface area (Å²) in [5.41, 5.74) is -0.760. The van der Waals surface area contributed by atoms with Gasteiger partial charge < -0.3 is 19.5 Å². The first-order chi connectivity index (χ1) is 9.61. The Hall–Kier alpha value is -1.66. The highest BCUT2D eigenvalue weighted by Crippen LogP contribution is 2.51. The normalized spacial score (nSPS) is 37.7. The van der Waals surface area contributed by atoms with Crippen molar-refractivity contribution >= 4 is 23.2 Å². The van der Waals surface area contributed by atoms with E-state index >= 15 is 0 Å². The molecule has 2 saturated heterocycles. The lowest BCUT2D eigenvalue weighted by molar-refractivity contribution is -0.313. The molecule has 3 aliphatic rings. The third kappa shape index (κ3) is 1.46. The summed E-state index contributed by atoms with van der Waals surface area (Å²) in [6, 6.07) is 3.90. The van der Waals surface area contributed by atoms with Crippen LogP contribution in [-0.2, 0) is 20.9 Å². The summed E-state index contributed by atoms with van der Waals surface area (Å²) < 4.78 is 5.79. The summed E-state index contributed by atoms with van der Waals surface area (Å²) >= 11 is 1.58. The van der Waals surface area contributed by atoms with E-state index in [9.17, 15) is 14.7 Å². The Balaban J connectivity index is 1.65. The van der Waals surface area contributed by atoms with Gasteiger partial charge in [0.2, 0.25) is 5.91 Å². The van der Waals surface area contributed by atoms with Gasteiger partial charge in [-0.15, -0.1) is 11.3 Å². The van der Waals surface area contributed by atoms with Gasteiger partial charge in [0.05, 0.1) is 25.1 Å². The Bertz CT molecular complexity index is 611. The number of carbonyl (C=O) groups excluding carboxylic acids is 2. The average molecular weight is 290 g/mol. The number of ether oxygens (including phenoxy) is 1. The fourth-order valence-electron chi connectivity index (χ4n) is 3.57. The van der Waals surface area contributed by atoms with Crippen molar-refractivity contribution in [2.45, 2.75) is 18.2 Å². The van der Waals surface area contributed by atoms with Crippen molar-refractivity contribution in [3.63, 3.8) is 0 Å². The number of carbonyl (C=O) groups is 2. The Morgan fingerprint density at radius 1 is 1.60 bits per heavy atom. The highest BCUT2D eigenvalue weighted by atomic mass is 32.1. The number of thiophene rings is 1. The fraction of sp³-hybridized carbons (Fsp3) is 0.429. The summed E-state index contributed by atoms with van der Waals surface area (Å²) in [6.07, 6.45) is 3.09. The molecule has 20 heavy (non-hydrogen) atoms. The van der Waals surface area contributed by atoms with Gasteiger partial charge in [-0.25, -0.2) is 0 Å². The van der Waals surface area contributed by atoms with E-state index in [4.69, 9.17) is 4.74 Å². The van der Waals surface area contributed by atoms with Gasteiger partial charge in [-0.3, -0.25) is 4.79 Å². The molecule has 3 aliphatic heterocycles. The van der Waals surface area contributed by atoms with E-state index in [1.807, 2.05) is 23.6 Å². The van der Waals surface area contributed by atoms with Crippen LogP contribution in [-0.4, -0.2) is 35.0 Å². The molecule has 4 heterocycles. The van der Waals surface area contributed by atoms with Gasteiger partial charge in [-0.2, -0.15) is 0 Å². The number of aliphatic carboxylic acids is 1. The molecular weight excluding hydrogens is 278 g/mol. The molecule has 0 aliphatic carbocycles. The number of hydrogen-bond donors (Lipinski definition) is 0. The molecule has 4 rings (SSSR count). The van der Waals surface area contributed by atoms with Gasteiger partial charge in [-0.1, -0.05) is 18.2 Å². The highest BCUT2D eigenvalue weighted by Gasteiger charge is 2.65. The molecule has 5 nitrogen and oxygen atoms in total. The van der Waals surface area contributed by atoms with Crippen molar-refractivity contribution in [3.8, 4) is 0 Å². The number of carboxylic acids is 1. The summed E-state index contributed by atoms with van der Waals surface area (Å²) in [4.78, 5) is 26.6. The molecule has 6 heteroatoms. The van der Waals surface area contributed by atoms with Crippen LogP contribution in [0.2, 0.25) is 0 Å². The predicted octanol–water partition coefficient (Wildman–Crippen LogP) is -0.220. The maximum atomic E-state index is 12.5. The molecule has 0 radical (unpaired) electrons. The van der Waals surface area contributed by atoms with Gasteiger partial charge in [-0.05, 0) is 11.4 Å². The van der Waals surface area contributed by atoms with Crippen LogP contribution in [0, 0.1) is 11.8 Å². The van der Waals surface area contributed by atoms with Crippen LogP contribution in [0.15, 0.2) is 29.7 Å². The summed E-state index contributed by atoms with van der Waals surface area (Å²) in [5.74, 6) is -2.83. The predicted molar refractivity (Wildman–Crippen MR) is 68.5 cm³/mol. The molecule has 4 atom stereocenters. The maximum Gasteiger partial charge on any atom is 0.230 e. The minimum atomic E-state index is -1.20. The lowest BCUT2D eigenvalue weighted by Crippen LogP contribution is -2.45. The monoisotopic (exact) mass is 290 g/mol. The van der Waals surface area contributed by atoms with Crippen molar-refractivity contribution in [1.29, 1.82) is 0 Å². The van der Waals surface area contributed by atoms with Crippen LogP contribution in [0.1, 0.15) is 4.88 Å². The number of fused-ring (bicyclic) bond motifs is 1. The van der Waals surface area contributed by atoms with Crippen LogP contribution in [0.3, 0.4) is 0 Å². The van der Waals surface area contributed by atoms with Gasteiger partial charge in [0.25, 0.3) is 0 Å². The average Bonchev–Trinajstić information content (AvgIpc) is 3.12. The second kappa shape index (κ2) is 3.93. The second-order valence-corrected chi connectivity index (χ2v) is 6.52. The summed E-state index contributed by atoms with van der Waals surface area (Å²) in [7, 11) is 0. The SMILES string of the molecule is O=C([O-])[C@H]1[C@@H]2C=C[C@]3(CN(Cc4cccs4)C(=O)[C@@H]13)O2. The third-order valence-corrected chi connectivity index (χ3v) is 5.24. The molecule has 1 amide bonds. The van der Waals surface area contributed by atoms with Crippen molar-refractivity contribution in [2.75, 3.05) is 6.54 Å². The Morgan fingerprint density at radius 3 is 3.15 bits per heavy atom. The topological polar surface area (TPSA) is 69.7 Å². The standard InChI is InChI=1S/C14H13NO4S/c16-12-11-10(13(17)18)9-3-4-14(11,19-9)7-15(12)6-8-2-1-5-20-8/h1-5,9-11H,6-7H2,(H,17,18)/p-1/t9-,10-,11+,14+/m0/s1. The number of hydrogen-bond acceptors (Lipinski definition) is 5. The molecule has 1 spiro atoms. The zero-order valence-electron chi connectivity index (χ0n) is 10.5. The minimum absolute atomic E-state index is 0.139. The molecule has 1 aromatic heterocycles. The van der Waals surface area contributed by atoms with Gasteiger partial charge >= 0.3 is 0 Å². The third-order valence-electron chi connectivity index (χ3n) is 4.38. The first-order valence-corrected chi connectivity index (χ1v) is 7.38. The van der Waals surface area contributed by atoms with Crippen LogP contribution >= 0.6 is 11.3 Å². The van der Waals surface area contributed by atoms with E-state index < -0.39 is 29.5 Å². The zero-order valence-corrected chi connectivity index (χ0v) is 11.3. The van der Waals surface area contributed by atoms with Gasteiger partial charge in [0.1, 0.15) is 5.60 Å². The van der Waals surface area contributed by atoms with Crippen molar-refractivity contribution in [2.24, 2.45) is 11.8 Å². The molecule has 0 unspecified atom stereocenters. The van der Waals surface area contributed by atoms with Crippen molar-refractivity contribution in [1.82, 2.24) is 4.90 Å². The van der Waals surface area contributed by atoms with E-state index in [0.29, 0.717) is 13.1 Å². The molecule has 0 N–H and O–H groups in total. The molecule has 2 bridgehead atoms. The Kier molecular flexibility index (Phi) is 2.38. The fourth-order valence-corrected chi connectivity index (χ4v) is 4.29. The first kappa shape index (κ1) is 12.1. The van der Waals surface area contributed by atoms with Crippen LogP contribution in [0.25, 0.3) is 0 Å². The lowest BCUT2D eigenvalue weighted by Gasteiger charge is -2.24. The largest absolute Gasteiger partial charge is 0.550 e. The van der Waals surface area contributed by atoms with Crippen LogP contribution in [0.5, 0.6) is 0 Å². The molecule has 1 aromatic rings. The van der Waals surface area contributed by atoms with E-state index in [0.717, 1.165) is 4.88 Å². The molecule has 104 valence electrons. The smallest absolute Gasteiger partial charge is 0.230 e. The number of carboxylic acid groups (broad SMARTS) is 1. The van der Waals surface area contributed by atoms with E-state index in [-0.39, 0.29) is 5.91 Å². The van der Waals surface area contributed by atoms with E-state index in [1.54, 1.807) is 22.3 Å². The Labute approximate surface area is 119 Å². The molecular formula is C14H12NO4S-. The van der Waals surface area contributed by atoms with Gasteiger partial charge in [0.15, 0.2) is 0 Å². The Morgan fingerprint density at radius 2 is 2.45 bits per heavy atom.